The van der Waals surface area contributed by atoms with Crippen LogP contribution in [0.4, 0.5) is 17.2 Å². The number of hydrogen-bond donors (Lipinski definition) is 2. The second-order valence-corrected chi connectivity index (χ2v) is 6.73. The second-order valence-electron chi connectivity index (χ2n) is 6.30. The Bertz CT molecular complexity index is 1130. The van der Waals surface area contributed by atoms with Gasteiger partial charge in [-0.1, -0.05) is 48.0 Å². The maximum atomic E-state index is 12.4. The number of aromatic nitrogens is 2. The Morgan fingerprint density at radius 1 is 0.828 bits per heavy atom. The Morgan fingerprint density at radius 2 is 1.62 bits per heavy atom. The lowest BCUT2D eigenvalue weighted by molar-refractivity contribution is 0.102. The molecule has 1 amide bonds. The van der Waals surface area contributed by atoms with E-state index < -0.39 is 0 Å². The van der Waals surface area contributed by atoms with Crippen LogP contribution in [-0.2, 0) is 0 Å². The number of carbonyl (C=O) groups is 1. The molecule has 0 fully saturated rings. The zero-order chi connectivity index (χ0) is 20.1. The zero-order valence-electron chi connectivity index (χ0n) is 15.3. The monoisotopic (exact) mass is 400 g/mol. The number of nitrogens with one attached hydrogen (secondary N) is 2. The van der Waals surface area contributed by atoms with Gasteiger partial charge in [-0.3, -0.25) is 4.79 Å². The van der Waals surface area contributed by atoms with Crippen LogP contribution < -0.4 is 10.6 Å². The third kappa shape index (κ3) is 4.78. The molecule has 4 aromatic rings. The van der Waals surface area contributed by atoms with Crippen molar-refractivity contribution in [2.75, 3.05) is 10.6 Å². The van der Waals surface area contributed by atoms with Crippen LogP contribution >= 0.6 is 11.6 Å². The van der Waals surface area contributed by atoms with Crippen LogP contribution in [0.3, 0.4) is 0 Å². The van der Waals surface area contributed by atoms with Crippen molar-refractivity contribution in [1.29, 1.82) is 0 Å². The molecule has 0 aliphatic carbocycles. The fraction of sp³-hybridized carbons (Fsp3) is 0. The zero-order valence-corrected chi connectivity index (χ0v) is 16.1. The van der Waals surface area contributed by atoms with E-state index in [0.717, 1.165) is 11.3 Å². The summed E-state index contributed by atoms with van der Waals surface area (Å²) in [4.78, 5) is 21.3. The fourth-order valence-electron chi connectivity index (χ4n) is 2.78. The van der Waals surface area contributed by atoms with Crippen molar-refractivity contribution >= 4 is 34.7 Å². The first-order valence-corrected chi connectivity index (χ1v) is 9.38. The minimum atomic E-state index is -0.202. The number of benzene rings is 3. The molecule has 0 radical (unpaired) electrons. The Morgan fingerprint density at radius 3 is 2.38 bits per heavy atom. The highest BCUT2D eigenvalue weighted by Crippen LogP contribution is 2.20. The van der Waals surface area contributed by atoms with E-state index in [4.69, 9.17) is 11.6 Å². The maximum absolute atomic E-state index is 12.4. The van der Waals surface area contributed by atoms with Gasteiger partial charge in [0.2, 0.25) is 0 Å². The Hall–Kier alpha value is -3.70. The van der Waals surface area contributed by atoms with Crippen LogP contribution in [-0.4, -0.2) is 15.9 Å². The smallest absolute Gasteiger partial charge is 0.255 e. The Labute approximate surface area is 173 Å². The Kier molecular flexibility index (Phi) is 5.49. The van der Waals surface area contributed by atoms with E-state index in [-0.39, 0.29) is 5.91 Å². The van der Waals surface area contributed by atoms with Gasteiger partial charge >= 0.3 is 0 Å². The summed E-state index contributed by atoms with van der Waals surface area (Å²) in [6.45, 7) is 0. The van der Waals surface area contributed by atoms with Crippen molar-refractivity contribution in [2.45, 2.75) is 0 Å². The van der Waals surface area contributed by atoms with Crippen molar-refractivity contribution in [2.24, 2.45) is 0 Å². The topological polar surface area (TPSA) is 66.9 Å². The van der Waals surface area contributed by atoms with E-state index in [1.807, 2.05) is 42.5 Å². The van der Waals surface area contributed by atoms with Crippen molar-refractivity contribution in [3.05, 3.63) is 102 Å². The molecule has 0 saturated heterocycles. The molecule has 0 aliphatic rings. The first-order chi connectivity index (χ1) is 14.2. The molecule has 0 aliphatic heterocycles. The first kappa shape index (κ1) is 18.7. The number of carbonyl (C=O) groups excluding carboxylic acids is 1. The van der Waals surface area contributed by atoms with E-state index >= 15 is 0 Å². The molecular weight excluding hydrogens is 384 g/mol. The van der Waals surface area contributed by atoms with Crippen molar-refractivity contribution < 1.29 is 4.79 Å². The van der Waals surface area contributed by atoms with E-state index in [0.29, 0.717) is 27.9 Å². The molecule has 5 nitrogen and oxygen atoms in total. The SMILES string of the molecule is O=C(Nc1cccc(Cl)c1)c1ccc(Nc2ccnc(-c3ccccc3)n2)cc1. The van der Waals surface area contributed by atoms with Gasteiger partial charge in [-0.15, -0.1) is 0 Å². The van der Waals surface area contributed by atoms with Gasteiger partial charge in [0, 0.05) is 33.7 Å². The summed E-state index contributed by atoms with van der Waals surface area (Å²) in [7, 11) is 0. The van der Waals surface area contributed by atoms with Crippen molar-refractivity contribution in [3.63, 3.8) is 0 Å². The molecule has 6 heteroatoms. The van der Waals surface area contributed by atoms with Gasteiger partial charge in [0.1, 0.15) is 5.82 Å². The van der Waals surface area contributed by atoms with Gasteiger partial charge in [-0.2, -0.15) is 0 Å². The van der Waals surface area contributed by atoms with Crippen molar-refractivity contribution in [3.8, 4) is 11.4 Å². The van der Waals surface area contributed by atoms with Crippen LogP contribution in [0, 0.1) is 0 Å². The summed E-state index contributed by atoms with van der Waals surface area (Å²) in [6.07, 6.45) is 1.71. The molecule has 0 spiro atoms. The van der Waals surface area contributed by atoms with E-state index in [1.54, 1.807) is 48.7 Å². The third-order valence-corrected chi connectivity index (χ3v) is 4.42. The molecule has 29 heavy (non-hydrogen) atoms. The Balaban J connectivity index is 1.45. The van der Waals surface area contributed by atoms with Gasteiger partial charge in [-0.05, 0) is 48.5 Å². The van der Waals surface area contributed by atoms with Gasteiger partial charge in [-0.25, -0.2) is 9.97 Å². The molecule has 142 valence electrons. The quantitative estimate of drug-likeness (QED) is 0.444. The van der Waals surface area contributed by atoms with Gasteiger partial charge in [0.25, 0.3) is 5.91 Å². The average molecular weight is 401 g/mol. The van der Waals surface area contributed by atoms with Crippen molar-refractivity contribution in [1.82, 2.24) is 9.97 Å². The van der Waals surface area contributed by atoms with Crippen LogP contribution in [0.1, 0.15) is 10.4 Å². The summed E-state index contributed by atoms with van der Waals surface area (Å²) < 4.78 is 0. The van der Waals surface area contributed by atoms with Gasteiger partial charge < -0.3 is 10.6 Å². The summed E-state index contributed by atoms with van der Waals surface area (Å²) in [5.41, 5.74) is 2.97. The average Bonchev–Trinajstić information content (AvgIpc) is 2.75. The molecule has 0 atom stereocenters. The molecule has 3 aromatic carbocycles. The number of halogens is 1. The first-order valence-electron chi connectivity index (χ1n) is 9.00. The van der Waals surface area contributed by atoms with Gasteiger partial charge in [0.05, 0.1) is 0 Å². The standard InChI is InChI=1S/C23H17ClN4O/c24-18-7-4-8-20(15-18)27-23(29)17-9-11-19(12-10-17)26-21-13-14-25-22(28-21)16-5-2-1-3-6-16/h1-15H,(H,27,29)(H,25,26,28). The molecule has 2 N–H and O–H groups in total. The highest BCUT2D eigenvalue weighted by Gasteiger charge is 2.07. The fourth-order valence-corrected chi connectivity index (χ4v) is 2.97. The lowest BCUT2D eigenvalue weighted by Gasteiger charge is -2.09. The van der Waals surface area contributed by atoms with Gasteiger partial charge in [0.15, 0.2) is 5.82 Å². The number of anilines is 3. The summed E-state index contributed by atoms with van der Waals surface area (Å²) in [5.74, 6) is 1.12. The molecular formula is C23H17ClN4O. The predicted octanol–water partition coefficient (Wildman–Crippen LogP) is 5.79. The highest BCUT2D eigenvalue weighted by molar-refractivity contribution is 6.31. The number of hydrogen-bond acceptors (Lipinski definition) is 4. The van der Waals surface area contributed by atoms with E-state index in [1.165, 1.54) is 0 Å². The molecule has 0 unspecified atom stereocenters. The van der Waals surface area contributed by atoms with E-state index in [9.17, 15) is 4.79 Å². The molecule has 4 rings (SSSR count). The lowest BCUT2D eigenvalue weighted by atomic mass is 10.2. The molecule has 0 saturated carbocycles. The summed E-state index contributed by atoms with van der Waals surface area (Å²) >= 11 is 5.95. The van der Waals surface area contributed by atoms with Crippen LogP contribution in [0.5, 0.6) is 0 Å². The molecule has 0 bridgehead atoms. The maximum Gasteiger partial charge on any atom is 0.255 e. The number of amides is 1. The minimum absolute atomic E-state index is 0.202. The predicted molar refractivity (Wildman–Crippen MR) is 117 cm³/mol. The normalized spacial score (nSPS) is 10.4. The van der Waals surface area contributed by atoms with Crippen LogP contribution in [0.25, 0.3) is 11.4 Å². The van der Waals surface area contributed by atoms with Crippen LogP contribution in [0.2, 0.25) is 5.02 Å². The largest absolute Gasteiger partial charge is 0.340 e. The molecule has 1 heterocycles. The lowest BCUT2D eigenvalue weighted by Crippen LogP contribution is -2.11. The number of nitrogens with zero attached hydrogens (tertiary/aromatic N) is 2. The van der Waals surface area contributed by atoms with E-state index in [2.05, 4.69) is 20.6 Å². The molecule has 1 aromatic heterocycles. The van der Waals surface area contributed by atoms with Crippen LogP contribution in [0.15, 0.2) is 91.1 Å². The number of rotatable bonds is 5. The third-order valence-electron chi connectivity index (χ3n) is 4.19. The highest BCUT2D eigenvalue weighted by atomic mass is 35.5. The minimum Gasteiger partial charge on any atom is -0.340 e. The summed E-state index contributed by atoms with van der Waals surface area (Å²) in [6, 6.07) is 25.8. The summed E-state index contributed by atoms with van der Waals surface area (Å²) in [5, 5.41) is 6.64. The second kappa shape index (κ2) is 8.54.